The van der Waals surface area contributed by atoms with E-state index in [2.05, 4.69) is 30.2 Å². The van der Waals surface area contributed by atoms with Crippen LogP contribution in [0.4, 0.5) is 5.82 Å². The van der Waals surface area contributed by atoms with Crippen LogP contribution in [0.1, 0.15) is 23.0 Å². The maximum absolute atomic E-state index is 12.7. The summed E-state index contributed by atoms with van der Waals surface area (Å²) in [4.78, 5) is 44.4. The van der Waals surface area contributed by atoms with E-state index in [0.717, 1.165) is 0 Å². The Hall–Kier alpha value is -3.88. The van der Waals surface area contributed by atoms with Gasteiger partial charge in [-0.1, -0.05) is 18.2 Å². The van der Waals surface area contributed by atoms with Crippen molar-refractivity contribution in [1.29, 1.82) is 0 Å². The number of aromatic nitrogens is 5. The fourth-order valence-electron chi connectivity index (χ4n) is 2.83. The zero-order valence-corrected chi connectivity index (χ0v) is 15.1. The Morgan fingerprint density at radius 2 is 2.00 bits per heavy atom. The number of carbonyl (C=O) groups is 2. The lowest BCUT2D eigenvalue weighted by atomic mass is 10.1. The number of aromatic amines is 1. The third-order valence-electron chi connectivity index (χ3n) is 4.18. The molecule has 0 saturated carbocycles. The molecule has 1 aromatic carbocycles. The summed E-state index contributed by atoms with van der Waals surface area (Å²) in [5, 5.41) is 3.29. The van der Waals surface area contributed by atoms with Crippen LogP contribution in [0.2, 0.25) is 0 Å². The molecule has 4 aromatic rings. The van der Waals surface area contributed by atoms with Crippen molar-refractivity contribution < 1.29 is 14.3 Å². The highest BCUT2D eigenvalue weighted by Gasteiger charge is 2.22. The highest BCUT2D eigenvalue weighted by molar-refractivity contribution is 6.05. The fraction of sp³-hybridized carbons (Fsp3) is 0.158. The quantitative estimate of drug-likeness (QED) is 0.524. The number of hydrogen-bond acceptors (Lipinski definition) is 7. The molecule has 0 aliphatic carbocycles. The number of carbonyl (C=O) groups excluding carboxylic acids is 2. The zero-order valence-electron chi connectivity index (χ0n) is 15.1. The van der Waals surface area contributed by atoms with Gasteiger partial charge in [-0.05, 0) is 26.0 Å². The van der Waals surface area contributed by atoms with E-state index in [9.17, 15) is 9.59 Å². The van der Waals surface area contributed by atoms with Crippen LogP contribution in [0.3, 0.4) is 0 Å². The van der Waals surface area contributed by atoms with Gasteiger partial charge in [-0.25, -0.2) is 19.7 Å². The molecule has 1 amide bonds. The maximum Gasteiger partial charge on any atom is 0.339 e. The van der Waals surface area contributed by atoms with Crippen LogP contribution in [0, 0.1) is 6.92 Å². The Kier molecular flexibility index (Phi) is 4.40. The fourth-order valence-corrected chi connectivity index (χ4v) is 2.83. The summed E-state index contributed by atoms with van der Waals surface area (Å²) >= 11 is 0. The summed E-state index contributed by atoms with van der Waals surface area (Å²) in [5.41, 5.74) is 2.65. The predicted molar refractivity (Wildman–Crippen MR) is 102 cm³/mol. The maximum atomic E-state index is 12.7. The molecule has 0 radical (unpaired) electrons. The van der Waals surface area contributed by atoms with Gasteiger partial charge in [0, 0.05) is 11.1 Å². The minimum Gasteiger partial charge on any atom is -0.449 e. The van der Waals surface area contributed by atoms with Gasteiger partial charge in [0.15, 0.2) is 17.6 Å². The zero-order chi connectivity index (χ0) is 19.7. The molecular weight excluding hydrogens is 360 g/mol. The number of ether oxygens (including phenoxy) is 1. The third-order valence-corrected chi connectivity index (χ3v) is 4.18. The van der Waals surface area contributed by atoms with Gasteiger partial charge in [0.2, 0.25) is 0 Å². The SMILES string of the molecule is Cc1cc(C(=O)OC(C)C(=O)Nc2ncnc3nc[nH]c23)c2ccccc2n1. The summed E-state index contributed by atoms with van der Waals surface area (Å²) in [6.07, 6.45) is 1.71. The van der Waals surface area contributed by atoms with E-state index in [1.54, 1.807) is 19.1 Å². The van der Waals surface area contributed by atoms with E-state index in [4.69, 9.17) is 4.74 Å². The second kappa shape index (κ2) is 7.03. The van der Waals surface area contributed by atoms with Crippen LogP contribution in [0.25, 0.3) is 22.1 Å². The highest BCUT2D eigenvalue weighted by atomic mass is 16.5. The van der Waals surface area contributed by atoms with Gasteiger partial charge in [0.1, 0.15) is 11.8 Å². The average Bonchev–Trinajstić information content (AvgIpc) is 3.17. The molecule has 9 nitrogen and oxygen atoms in total. The lowest BCUT2D eigenvalue weighted by Crippen LogP contribution is -2.30. The molecule has 0 saturated heterocycles. The number of hydrogen-bond donors (Lipinski definition) is 2. The van der Waals surface area contributed by atoms with E-state index < -0.39 is 18.0 Å². The molecule has 3 heterocycles. The molecule has 0 fully saturated rings. The standard InChI is InChI=1S/C19H16N6O3/c1-10-7-13(12-5-3-4-6-14(12)24-10)19(27)28-11(2)18(26)25-17-15-16(21-8-20-15)22-9-23-17/h3-9,11H,1-2H3,(H2,20,21,22,23,25,26). The number of fused-ring (bicyclic) bond motifs is 2. The van der Waals surface area contributed by atoms with Gasteiger partial charge in [-0.3, -0.25) is 9.78 Å². The molecule has 0 spiro atoms. The number of rotatable bonds is 4. The van der Waals surface area contributed by atoms with Crippen LogP contribution in [0.15, 0.2) is 43.0 Å². The van der Waals surface area contributed by atoms with Crippen molar-refractivity contribution >= 4 is 39.8 Å². The van der Waals surface area contributed by atoms with E-state index in [0.29, 0.717) is 33.3 Å². The minimum atomic E-state index is -1.03. The van der Waals surface area contributed by atoms with Gasteiger partial charge >= 0.3 is 5.97 Å². The van der Waals surface area contributed by atoms with E-state index in [1.165, 1.54) is 19.6 Å². The lowest BCUT2D eigenvalue weighted by molar-refractivity contribution is -0.123. The van der Waals surface area contributed by atoms with Crippen LogP contribution < -0.4 is 5.32 Å². The number of amides is 1. The van der Waals surface area contributed by atoms with E-state index in [-0.39, 0.29) is 5.82 Å². The molecule has 0 aliphatic rings. The number of imidazole rings is 1. The summed E-state index contributed by atoms with van der Waals surface area (Å²) in [7, 11) is 0. The van der Waals surface area contributed by atoms with Crippen molar-refractivity contribution in [2.24, 2.45) is 0 Å². The summed E-state index contributed by atoms with van der Waals surface area (Å²) in [6, 6.07) is 8.92. The number of esters is 1. The van der Waals surface area contributed by atoms with Gasteiger partial charge in [0.25, 0.3) is 5.91 Å². The van der Waals surface area contributed by atoms with E-state index >= 15 is 0 Å². The number of pyridine rings is 1. The number of para-hydroxylation sites is 1. The van der Waals surface area contributed by atoms with Crippen molar-refractivity contribution in [2.45, 2.75) is 20.0 Å². The summed E-state index contributed by atoms with van der Waals surface area (Å²) in [6.45, 7) is 3.29. The molecule has 1 atom stereocenters. The van der Waals surface area contributed by atoms with Crippen molar-refractivity contribution in [3.8, 4) is 0 Å². The first-order valence-electron chi connectivity index (χ1n) is 8.55. The molecule has 9 heteroatoms. The molecular formula is C19H16N6O3. The first-order valence-corrected chi connectivity index (χ1v) is 8.55. The second-order valence-corrected chi connectivity index (χ2v) is 6.19. The van der Waals surface area contributed by atoms with E-state index in [1.807, 2.05) is 18.2 Å². The van der Waals surface area contributed by atoms with Crippen molar-refractivity contribution in [3.05, 3.63) is 54.2 Å². The third kappa shape index (κ3) is 3.25. The number of benzene rings is 1. The Balaban J connectivity index is 1.53. The number of nitrogens with zero attached hydrogens (tertiary/aromatic N) is 4. The van der Waals surface area contributed by atoms with Gasteiger partial charge < -0.3 is 15.0 Å². The first-order chi connectivity index (χ1) is 13.5. The normalized spacial score (nSPS) is 12.1. The molecule has 4 rings (SSSR count). The summed E-state index contributed by atoms with van der Waals surface area (Å²) in [5.74, 6) is -0.850. The summed E-state index contributed by atoms with van der Waals surface area (Å²) < 4.78 is 5.38. The van der Waals surface area contributed by atoms with Crippen LogP contribution in [-0.2, 0) is 9.53 Å². The Bertz CT molecular complexity index is 1200. The second-order valence-electron chi connectivity index (χ2n) is 6.19. The lowest BCUT2D eigenvalue weighted by Gasteiger charge is -2.14. The Labute approximate surface area is 159 Å². The number of H-pyrrole nitrogens is 1. The Morgan fingerprint density at radius 3 is 2.86 bits per heavy atom. The molecule has 0 bridgehead atoms. The molecule has 0 aliphatic heterocycles. The van der Waals surface area contributed by atoms with Crippen molar-refractivity contribution in [3.63, 3.8) is 0 Å². The molecule has 2 N–H and O–H groups in total. The van der Waals surface area contributed by atoms with Gasteiger partial charge in [-0.15, -0.1) is 0 Å². The van der Waals surface area contributed by atoms with Crippen molar-refractivity contribution in [1.82, 2.24) is 24.9 Å². The van der Waals surface area contributed by atoms with Crippen LogP contribution in [0.5, 0.6) is 0 Å². The van der Waals surface area contributed by atoms with Crippen molar-refractivity contribution in [2.75, 3.05) is 5.32 Å². The average molecular weight is 376 g/mol. The number of aryl methyl sites for hydroxylation is 1. The smallest absolute Gasteiger partial charge is 0.339 e. The van der Waals surface area contributed by atoms with Crippen LogP contribution >= 0.6 is 0 Å². The van der Waals surface area contributed by atoms with Gasteiger partial charge in [0.05, 0.1) is 17.4 Å². The Morgan fingerprint density at radius 1 is 1.18 bits per heavy atom. The number of nitrogens with one attached hydrogen (secondary N) is 2. The topological polar surface area (TPSA) is 123 Å². The number of anilines is 1. The molecule has 1 unspecified atom stereocenters. The largest absolute Gasteiger partial charge is 0.449 e. The van der Waals surface area contributed by atoms with Gasteiger partial charge in [-0.2, -0.15) is 0 Å². The molecule has 140 valence electrons. The molecule has 28 heavy (non-hydrogen) atoms. The van der Waals surface area contributed by atoms with Crippen LogP contribution in [-0.4, -0.2) is 42.9 Å². The minimum absolute atomic E-state index is 0.264. The predicted octanol–water partition coefficient (Wildman–Crippen LogP) is 2.39. The molecule has 3 aromatic heterocycles. The first kappa shape index (κ1) is 17.5. The highest BCUT2D eigenvalue weighted by Crippen LogP contribution is 2.20. The monoisotopic (exact) mass is 376 g/mol.